The average Bonchev–Trinajstić information content (AvgIpc) is 3.22. The van der Waals surface area contributed by atoms with Crippen LogP contribution >= 0.6 is 11.8 Å². The summed E-state index contributed by atoms with van der Waals surface area (Å²) in [5.74, 6) is 0.166. The van der Waals surface area contributed by atoms with Crippen molar-refractivity contribution in [3.05, 3.63) is 24.3 Å². The Balaban J connectivity index is 1.65. The van der Waals surface area contributed by atoms with Crippen LogP contribution in [0, 0.1) is 0 Å². The highest BCUT2D eigenvalue weighted by molar-refractivity contribution is 7.99. The molecule has 3 rings (SSSR count). The Bertz CT molecular complexity index is 957. The van der Waals surface area contributed by atoms with Gasteiger partial charge in [0, 0.05) is 31.8 Å². The van der Waals surface area contributed by atoms with Gasteiger partial charge in [-0.2, -0.15) is 4.31 Å². The van der Waals surface area contributed by atoms with Crippen LogP contribution in [0.1, 0.15) is 26.2 Å². The number of nitrogens with zero attached hydrogens (tertiary/aromatic N) is 3. The number of thioether (sulfide) groups is 1. The Labute approximate surface area is 180 Å². The molecule has 0 radical (unpaired) electrons. The van der Waals surface area contributed by atoms with E-state index in [2.05, 4.69) is 15.5 Å². The second kappa shape index (κ2) is 10.4. The fourth-order valence-corrected chi connectivity index (χ4v) is 5.30. The van der Waals surface area contributed by atoms with Crippen LogP contribution in [0.15, 0.2) is 38.8 Å². The molecule has 164 valence electrons. The zero-order valence-corrected chi connectivity index (χ0v) is 18.7. The number of carbonyl (C=O) groups excluding carboxylic acids is 1. The quantitative estimate of drug-likeness (QED) is 0.573. The third-order valence-corrected chi connectivity index (χ3v) is 7.30. The molecule has 1 fully saturated rings. The van der Waals surface area contributed by atoms with Gasteiger partial charge in [-0.1, -0.05) is 24.2 Å². The zero-order valence-electron chi connectivity index (χ0n) is 17.0. The molecule has 0 aliphatic carbocycles. The second-order valence-corrected chi connectivity index (χ2v) is 9.94. The molecule has 1 N–H and O–H groups in total. The summed E-state index contributed by atoms with van der Waals surface area (Å²) < 4.78 is 37.9. The maximum atomic E-state index is 12.9. The van der Waals surface area contributed by atoms with Crippen molar-refractivity contribution in [2.75, 3.05) is 32.6 Å². The van der Waals surface area contributed by atoms with Gasteiger partial charge in [-0.05, 0) is 38.0 Å². The van der Waals surface area contributed by atoms with Crippen molar-refractivity contribution < 1.29 is 22.4 Å². The first-order valence-electron chi connectivity index (χ1n) is 9.75. The number of benzene rings is 1. The summed E-state index contributed by atoms with van der Waals surface area (Å²) in [4.78, 5) is 12.1. The molecule has 2 heterocycles. The monoisotopic (exact) mass is 454 g/mol. The smallest absolute Gasteiger partial charge is 0.277 e. The lowest BCUT2D eigenvalue weighted by atomic mass is 10.2. The topological polar surface area (TPSA) is 115 Å². The third kappa shape index (κ3) is 5.81. The molecule has 11 heteroatoms. The molecule has 9 nitrogen and oxygen atoms in total. The number of amides is 1. The molecule has 1 amide bonds. The van der Waals surface area contributed by atoms with Gasteiger partial charge in [0.15, 0.2) is 0 Å². The van der Waals surface area contributed by atoms with E-state index in [9.17, 15) is 13.2 Å². The number of ether oxygens (including phenoxy) is 1. The summed E-state index contributed by atoms with van der Waals surface area (Å²) in [7, 11) is -1.97. The third-order valence-electron chi connectivity index (χ3n) is 4.59. The van der Waals surface area contributed by atoms with Crippen LogP contribution in [0.25, 0.3) is 11.5 Å². The molecule has 1 aromatic carbocycles. The van der Waals surface area contributed by atoms with Crippen molar-refractivity contribution in [2.45, 2.75) is 42.3 Å². The van der Waals surface area contributed by atoms with Gasteiger partial charge in [-0.15, -0.1) is 10.2 Å². The maximum Gasteiger partial charge on any atom is 0.277 e. The maximum absolute atomic E-state index is 12.9. The minimum absolute atomic E-state index is 0.0917. The van der Waals surface area contributed by atoms with Crippen molar-refractivity contribution in [3.8, 4) is 11.5 Å². The molecule has 30 heavy (non-hydrogen) atoms. The SMILES string of the molecule is COC[C@H](C)NC(=O)CSc1nnc(-c2cccc(S(=O)(=O)N3CCCCC3)c2)o1. The standard InChI is InChI=1S/C19H26N4O5S2/c1-14(12-27-2)20-17(24)13-29-19-22-21-18(28-19)15-7-6-8-16(11-15)30(25,26)23-9-4-3-5-10-23/h6-8,11,14H,3-5,9-10,12-13H2,1-2H3,(H,20,24)/t14-/m0/s1. The number of piperidine rings is 1. The van der Waals surface area contributed by atoms with E-state index < -0.39 is 10.0 Å². The predicted molar refractivity (Wildman–Crippen MR) is 113 cm³/mol. The predicted octanol–water partition coefficient (Wildman–Crippen LogP) is 2.15. The van der Waals surface area contributed by atoms with Crippen molar-refractivity contribution in [1.29, 1.82) is 0 Å². The van der Waals surface area contributed by atoms with Crippen LogP contribution in [0.5, 0.6) is 0 Å². The summed E-state index contributed by atoms with van der Waals surface area (Å²) in [6, 6.07) is 6.41. The molecular formula is C19H26N4O5S2. The largest absolute Gasteiger partial charge is 0.411 e. The molecule has 0 spiro atoms. The summed E-state index contributed by atoms with van der Waals surface area (Å²) in [6.07, 6.45) is 2.81. The van der Waals surface area contributed by atoms with Gasteiger partial charge in [0.2, 0.25) is 21.8 Å². The lowest BCUT2D eigenvalue weighted by molar-refractivity contribution is -0.119. The van der Waals surface area contributed by atoms with E-state index in [1.165, 1.54) is 4.31 Å². The highest BCUT2D eigenvalue weighted by Crippen LogP contribution is 2.27. The van der Waals surface area contributed by atoms with Crippen LogP contribution in [0.4, 0.5) is 0 Å². The van der Waals surface area contributed by atoms with Gasteiger partial charge in [-0.3, -0.25) is 4.79 Å². The van der Waals surface area contributed by atoms with Gasteiger partial charge in [-0.25, -0.2) is 8.42 Å². The molecule has 1 aliphatic heterocycles. The number of nitrogens with one attached hydrogen (secondary N) is 1. The van der Waals surface area contributed by atoms with Crippen LogP contribution in [-0.4, -0.2) is 67.4 Å². The van der Waals surface area contributed by atoms with Gasteiger partial charge in [0.25, 0.3) is 5.22 Å². The van der Waals surface area contributed by atoms with Gasteiger partial charge >= 0.3 is 0 Å². The minimum atomic E-state index is -3.55. The molecule has 0 bridgehead atoms. The lowest BCUT2D eigenvalue weighted by Gasteiger charge is -2.25. The molecule has 2 aromatic rings. The van der Waals surface area contributed by atoms with Crippen LogP contribution in [-0.2, 0) is 19.6 Å². The number of hydrogen-bond acceptors (Lipinski definition) is 8. The lowest BCUT2D eigenvalue weighted by Crippen LogP contribution is -2.36. The first-order valence-corrected chi connectivity index (χ1v) is 12.2. The van der Waals surface area contributed by atoms with Gasteiger partial charge < -0.3 is 14.5 Å². The Hall–Kier alpha value is -1.95. The van der Waals surface area contributed by atoms with Crippen molar-refractivity contribution >= 4 is 27.7 Å². The number of aromatic nitrogens is 2. The summed E-state index contributed by atoms with van der Waals surface area (Å²) in [5.41, 5.74) is 0.519. The number of hydrogen-bond donors (Lipinski definition) is 1. The molecule has 1 aliphatic rings. The summed E-state index contributed by atoms with van der Waals surface area (Å²) in [5, 5.41) is 11.0. The number of methoxy groups -OCH3 is 1. The van der Waals surface area contributed by atoms with E-state index in [1.54, 1.807) is 31.4 Å². The van der Waals surface area contributed by atoms with E-state index in [4.69, 9.17) is 9.15 Å². The van der Waals surface area contributed by atoms with Gasteiger partial charge in [0.05, 0.1) is 17.3 Å². The number of rotatable bonds is 9. The fourth-order valence-electron chi connectivity index (χ4n) is 3.16. The number of sulfonamides is 1. The minimum Gasteiger partial charge on any atom is -0.411 e. The zero-order chi connectivity index (χ0) is 21.6. The second-order valence-electron chi connectivity index (χ2n) is 7.08. The first-order chi connectivity index (χ1) is 14.4. The number of carbonyl (C=O) groups is 1. The Morgan fingerprint density at radius 1 is 1.30 bits per heavy atom. The van der Waals surface area contributed by atoms with E-state index in [0.717, 1.165) is 31.0 Å². The molecule has 0 unspecified atom stereocenters. The van der Waals surface area contributed by atoms with E-state index >= 15 is 0 Å². The first kappa shape index (κ1) is 22.7. The van der Waals surface area contributed by atoms with Crippen LogP contribution < -0.4 is 5.32 Å². The van der Waals surface area contributed by atoms with Crippen molar-refractivity contribution in [1.82, 2.24) is 19.8 Å². The van der Waals surface area contributed by atoms with Gasteiger partial charge in [0.1, 0.15) is 0 Å². The van der Waals surface area contributed by atoms with Crippen molar-refractivity contribution in [2.24, 2.45) is 0 Å². The highest BCUT2D eigenvalue weighted by Gasteiger charge is 2.26. The Morgan fingerprint density at radius 2 is 2.07 bits per heavy atom. The Morgan fingerprint density at radius 3 is 2.80 bits per heavy atom. The van der Waals surface area contributed by atoms with Crippen molar-refractivity contribution in [3.63, 3.8) is 0 Å². The highest BCUT2D eigenvalue weighted by atomic mass is 32.2. The fraction of sp³-hybridized carbons (Fsp3) is 0.526. The molecule has 1 aromatic heterocycles. The summed E-state index contributed by atoms with van der Waals surface area (Å²) >= 11 is 1.12. The Kier molecular flexibility index (Phi) is 7.87. The molecule has 0 saturated carbocycles. The molecular weight excluding hydrogens is 428 g/mol. The molecule has 1 atom stereocenters. The van der Waals surface area contributed by atoms with E-state index in [1.807, 2.05) is 6.92 Å². The van der Waals surface area contributed by atoms with Crippen LogP contribution in [0.3, 0.4) is 0 Å². The van der Waals surface area contributed by atoms with E-state index in [0.29, 0.717) is 25.3 Å². The van der Waals surface area contributed by atoms with E-state index in [-0.39, 0.29) is 33.7 Å². The summed E-state index contributed by atoms with van der Waals surface area (Å²) in [6.45, 7) is 3.36. The normalized spacial score (nSPS) is 16.3. The molecule has 1 saturated heterocycles. The van der Waals surface area contributed by atoms with Crippen LogP contribution in [0.2, 0.25) is 0 Å². The average molecular weight is 455 g/mol.